The van der Waals surface area contributed by atoms with Crippen LogP contribution in [0.15, 0.2) is 60.7 Å². The number of methoxy groups -OCH3 is 1. The summed E-state index contributed by atoms with van der Waals surface area (Å²) in [6.07, 6.45) is 4.24. The molecule has 172 valence electrons. The Kier molecular flexibility index (Phi) is 6.49. The van der Waals surface area contributed by atoms with Crippen LogP contribution in [0.25, 0.3) is 10.8 Å². The average Bonchev–Trinajstić information content (AvgIpc) is 3.37. The number of hydrogen-bond acceptors (Lipinski definition) is 4. The Hall–Kier alpha value is -3.05. The fourth-order valence-electron chi connectivity index (χ4n) is 5.07. The highest BCUT2D eigenvalue weighted by molar-refractivity contribution is 5.85. The van der Waals surface area contributed by atoms with Gasteiger partial charge in [-0.25, -0.2) is 4.79 Å². The van der Waals surface area contributed by atoms with Crippen LogP contribution in [-0.2, 0) is 6.54 Å². The highest BCUT2D eigenvalue weighted by atomic mass is 16.6. The fraction of sp³-hybridized carbons (Fsp3) is 0.393. The largest absolute Gasteiger partial charge is 0.497 e. The SMILES string of the molecule is COc1ccc(C2CCN(C(=O)Oc3ccc4cc(CN5CCCC5)ccc4c3)CC2)cc1. The zero-order valence-electron chi connectivity index (χ0n) is 19.3. The third-order valence-corrected chi connectivity index (χ3v) is 7.03. The first-order valence-corrected chi connectivity index (χ1v) is 12.0. The predicted octanol–water partition coefficient (Wildman–Crippen LogP) is 5.82. The molecule has 0 N–H and O–H groups in total. The number of fused-ring (bicyclic) bond motifs is 1. The van der Waals surface area contributed by atoms with Gasteiger partial charge in [-0.2, -0.15) is 0 Å². The minimum atomic E-state index is -0.256. The van der Waals surface area contributed by atoms with Crippen molar-refractivity contribution in [1.29, 1.82) is 0 Å². The van der Waals surface area contributed by atoms with Crippen LogP contribution in [0.3, 0.4) is 0 Å². The monoisotopic (exact) mass is 444 g/mol. The molecule has 2 saturated heterocycles. The number of likely N-dealkylation sites (tertiary alicyclic amines) is 2. The minimum absolute atomic E-state index is 0.256. The van der Waals surface area contributed by atoms with Crippen molar-refractivity contribution in [3.05, 3.63) is 71.8 Å². The first-order chi connectivity index (χ1) is 16.2. The first kappa shape index (κ1) is 21.8. The molecule has 2 fully saturated rings. The first-order valence-electron chi connectivity index (χ1n) is 12.0. The molecule has 3 aromatic carbocycles. The molecule has 0 radical (unpaired) electrons. The summed E-state index contributed by atoms with van der Waals surface area (Å²) in [5.41, 5.74) is 2.65. The lowest BCUT2D eigenvalue weighted by atomic mass is 9.89. The number of carbonyl (C=O) groups excluding carboxylic acids is 1. The third-order valence-electron chi connectivity index (χ3n) is 7.03. The summed E-state index contributed by atoms with van der Waals surface area (Å²) in [5, 5.41) is 2.29. The zero-order chi connectivity index (χ0) is 22.6. The summed E-state index contributed by atoms with van der Waals surface area (Å²) in [7, 11) is 1.68. The number of carbonyl (C=O) groups is 1. The van der Waals surface area contributed by atoms with Crippen molar-refractivity contribution in [3.63, 3.8) is 0 Å². The van der Waals surface area contributed by atoms with Gasteiger partial charge in [0.05, 0.1) is 7.11 Å². The molecule has 2 aliphatic heterocycles. The lowest BCUT2D eigenvalue weighted by molar-refractivity contribution is 0.139. The smallest absolute Gasteiger partial charge is 0.415 e. The van der Waals surface area contributed by atoms with Crippen molar-refractivity contribution in [2.24, 2.45) is 0 Å². The number of ether oxygens (including phenoxy) is 2. The molecular formula is C28H32N2O3. The number of rotatable bonds is 5. The molecule has 0 unspecified atom stereocenters. The Morgan fingerprint density at radius 1 is 0.848 bits per heavy atom. The van der Waals surface area contributed by atoms with Gasteiger partial charge in [0.15, 0.2) is 0 Å². The number of amides is 1. The summed E-state index contributed by atoms with van der Waals surface area (Å²) >= 11 is 0. The zero-order valence-corrected chi connectivity index (χ0v) is 19.3. The van der Waals surface area contributed by atoms with E-state index in [-0.39, 0.29) is 6.09 Å². The minimum Gasteiger partial charge on any atom is -0.497 e. The molecule has 2 aliphatic rings. The van der Waals surface area contributed by atoms with Crippen LogP contribution in [0.4, 0.5) is 4.79 Å². The van der Waals surface area contributed by atoms with E-state index in [2.05, 4.69) is 41.3 Å². The Morgan fingerprint density at radius 2 is 1.52 bits per heavy atom. The van der Waals surface area contributed by atoms with Crippen LogP contribution in [0, 0.1) is 0 Å². The van der Waals surface area contributed by atoms with Crippen LogP contribution < -0.4 is 9.47 Å². The molecule has 5 nitrogen and oxygen atoms in total. The Morgan fingerprint density at radius 3 is 2.24 bits per heavy atom. The van der Waals surface area contributed by atoms with Gasteiger partial charge in [-0.1, -0.05) is 30.3 Å². The maximum Gasteiger partial charge on any atom is 0.415 e. The van der Waals surface area contributed by atoms with E-state index in [0.29, 0.717) is 24.8 Å². The summed E-state index contributed by atoms with van der Waals surface area (Å²) in [6, 6.07) is 20.8. The average molecular weight is 445 g/mol. The third kappa shape index (κ3) is 5.14. The Labute approximate surface area is 195 Å². The Bertz CT molecular complexity index is 1100. The van der Waals surface area contributed by atoms with Crippen LogP contribution in [-0.4, -0.2) is 49.2 Å². The van der Waals surface area contributed by atoms with Crippen LogP contribution in [0.5, 0.6) is 11.5 Å². The maximum atomic E-state index is 12.8. The highest BCUT2D eigenvalue weighted by Crippen LogP contribution is 2.30. The van der Waals surface area contributed by atoms with Gasteiger partial charge in [0, 0.05) is 19.6 Å². The van der Waals surface area contributed by atoms with Crippen molar-refractivity contribution in [1.82, 2.24) is 9.80 Å². The van der Waals surface area contributed by atoms with Gasteiger partial charge in [0.1, 0.15) is 11.5 Å². The molecular weight excluding hydrogens is 412 g/mol. The van der Waals surface area contributed by atoms with Crippen molar-refractivity contribution >= 4 is 16.9 Å². The molecule has 0 aromatic heterocycles. The predicted molar refractivity (Wildman–Crippen MR) is 131 cm³/mol. The van der Waals surface area contributed by atoms with E-state index in [1.807, 2.05) is 29.2 Å². The van der Waals surface area contributed by atoms with Crippen molar-refractivity contribution in [3.8, 4) is 11.5 Å². The van der Waals surface area contributed by atoms with Crippen molar-refractivity contribution in [2.45, 2.75) is 38.1 Å². The molecule has 33 heavy (non-hydrogen) atoms. The summed E-state index contributed by atoms with van der Waals surface area (Å²) < 4.78 is 11.0. The van der Waals surface area contributed by atoms with Crippen molar-refractivity contribution < 1.29 is 14.3 Å². The van der Waals surface area contributed by atoms with E-state index in [4.69, 9.17) is 9.47 Å². The highest BCUT2D eigenvalue weighted by Gasteiger charge is 2.25. The van der Waals surface area contributed by atoms with Crippen LogP contribution in [0.1, 0.15) is 42.7 Å². The van der Waals surface area contributed by atoms with Gasteiger partial charge in [0.2, 0.25) is 0 Å². The van der Waals surface area contributed by atoms with Gasteiger partial charge in [0.25, 0.3) is 0 Å². The number of benzene rings is 3. The quantitative estimate of drug-likeness (QED) is 0.497. The molecule has 3 aromatic rings. The van der Waals surface area contributed by atoms with Gasteiger partial charge in [-0.3, -0.25) is 4.90 Å². The summed E-state index contributed by atoms with van der Waals surface area (Å²) in [6.45, 7) is 4.83. The van der Waals surface area contributed by atoms with Crippen LogP contribution in [0.2, 0.25) is 0 Å². The van der Waals surface area contributed by atoms with E-state index in [9.17, 15) is 4.79 Å². The maximum absolute atomic E-state index is 12.8. The molecule has 0 aliphatic carbocycles. The van der Waals surface area contributed by atoms with Gasteiger partial charge >= 0.3 is 6.09 Å². The van der Waals surface area contributed by atoms with Gasteiger partial charge in [-0.05, 0) is 96.9 Å². The second-order valence-electron chi connectivity index (χ2n) is 9.23. The number of nitrogens with zero attached hydrogens (tertiary/aromatic N) is 2. The van der Waals surface area contributed by atoms with Gasteiger partial charge < -0.3 is 14.4 Å². The Balaban J connectivity index is 1.17. The molecule has 0 saturated carbocycles. The molecule has 0 atom stereocenters. The van der Waals surface area contributed by atoms with E-state index in [0.717, 1.165) is 30.5 Å². The van der Waals surface area contributed by atoms with Crippen LogP contribution >= 0.6 is 0 Å². The molecule has 0 bridgehead atoms. The van der Waals surface area contributed by atoms with E-state index in [1.165, 1.54) is 42.4 Å². The van der Waals surface area contributed by atoms with Gasteiger partial charge in [-0.15, -0.1) is 0 Å². The second kappa shape index (κ2) is 9.84. The fourth-order valence-corrected chi connectivity index (χ4v) is 5.07. The molecule has 1 amide bonds. The topological polar surface area (TPSA) is 42.0 Å². The van der Waals surface area contributed by atoms with E-state index < -0.39 is 0 Å². The second-order valence-corrected chi connectivity index (χ2v) is 9.23. The molecule has 5 rings (SSSR count). The van der Waals surface area contributed by atoms with E-state index >= 15 is 0 Å². The molecule has 2 heterocycles. The van der Waals surface area contributed by atoms with E-state index in [1.54, 1.807) is 7.11 Å². The number of piperidine rings is 1. The molecule has 5 heteroatoms. The normalized spacial score (nSPS) is 17.4. The summed E-state index contributed by atoms with van der Waals surface area (Å²) in [5.74, 6) is 1.95. The number of hydrogen-bond donors (Lipinski definition) is 0. The summed E-state index contributed by atoms with van der Waals surface area (Å²) in [4.78, 5) is 17.1. The van der Waals surface area contributed by atoms with Crippen molar-refractivity contribution in [2.75, 3.05) is 33.3 Å². The molecule has 0 spiro atoms. The lowest BCUT2D eigenvalue weighted by Gasteiger charge is -2.31. The standard InChI is InChI=1S/C28H32N2O3/c1-32-26-9-6-22(7-10-26)23-12-16-30(17-13-23)28(31)33-27-11-8-24-18-21(4-5-25(24)19-27)20-29-14-2-3-15-29/h4-11,18-19,23H,2-3,12-17,20H2,1H3. The lowest BCUT2D eigenvalue weighted by Crippen LogP contribution is -2.39.